The summed E-state index contributed by atoms with van der Waals surface area (Å²) in [5.41, 5.74) is 3.03. The number of aliphatic hydroxyl groups excluding tert-OH is 1. The summed E-state index contributed by atoms with van der Waals surface area (Å²) < 4.78 is 0. The molecule has 4 rings (SSSR count). The molecule has 24 heavy (non-hydrogen) atoms. The van der Waals surface area contributed by atoms with Gasteiger partial charge in [0.25, 0.3) is 5.91 Å². The molecule has 6 heteroatoms. The number of β-amino-alcohol motifs (C(OH)–C–C–N with tert-alkyl or cyclic N) is 1. The first-order valence-electron chi connectivity index (χ1n) is 8.26. The molecule has 0 spiro atoms. The number of hydrogen-bond acceptors (Lipinski definition) is 5. The number of carbonyl (C=O) groups is 1. The molecule has 1 N–H and O–H groups in total. The van der Waals surface area contributed by atoms with Crippen LogP contribution in [0, 0.1) is 0 Å². The Hall–Kier alpha value is -2.31. The lowest BCUT2D eigenvalue weighted by atomic mass is 9.98. The Morgan fingerprint density at radius 1 is 1.17 bits per heavy atom. The summed E-state index contributed by atoms with van der Waals surface area (Å²) in [4.78, 5) is 24.5. The summed E-state index contributed by atoms with van der Waals surface area (Å²) in [6.45, 7) is 2.61. The normalized spacial score (nSPS) is 24.0. The Labute approximate surface area is 140 Å². The van der Waals surface area contributed by atoms with Gasteiger partial charge in [-0.1, -0.05) is 24.3 Å². The van der Waals surface area contributed by atoms with Crippen LogP contribution in [0.3, 0.4) is 0 Å². The van der Waals surface area contributed by atoms with Gasteiger partial charge in [-0.05, 0) is 17.5 Å². The van der Waals surface area contributed by atoms with E-state index in [0.717, 1.165) is 19.5 Å². The summed E-state index contributed by atoms with van der Waals surface area (Å²) in [7, 11) is 0. The van der Waals surface area contributed by atoms with E-state index in [2.05, 4.69) is 39.1 Å². The fourth-order valence-electron chi connectivity index (χ4n) is 3.67. The first-order chi connectivity index (χ1) is 11.7. The quantitative estimate of drug-likeness (QED) is 0.881. The van der Waals surface area contributed by atoms with E-state index < -0.39 is 6.10 Å². The first kappa shape index (κ1) is 15.2. The van der Waals surface area contributed by atoms with Gasteiger partial charge < -0.3 is 10.0 Å². The monoisotopic (exact) mass is 324 g/mol. The number of aliphatic hydroxyl groups is 1. The number of benzene rings is 1. The zero-order valence-electron chi connectivity index (χ0n) is 13.4. The topological polar surface area (TPSA) is 69.6 Å². The maximum Gasteiger partial charge on any atom is 0.274 e. The standard InChI is InChI=1S/C18H20N4O2/c23-17-12-22(18(24)15-9-19-6-7-20-15)11-16(17)21-8-5-13-3-1-2-4-14(13)10-21/h1-4,6-7,9,16-17,23H,5,8,10-12H2/t16-,17-/m1/s1. The Balaban J connectivity index is 1.47. The molecule has 124 valence electrons. The highest BCUT2D eigenvalue weighted by atomic mass is 16.3. The summed E-state index contributed by atoms with van der Waals surface area (Å²) in [5, 5.41) is 10.5. The molecule has 2 aliphatic heterocycles. The van der Waals surface area contributed by atoms with Crippen molar-refractivity contribution in [3.63, 3.8) is 0 Å². The van der Waals surface area contributed by atoms with Crippen molar-refractivity contribution in [3.05, 3.63) is 59.7 Å². The van der Waals surface area contributed by atoms with Gasteiger partial charge in [-0.3, -0.25) is 14.7 Å². The van der Waals surface area contributed by atoms with Gasteiger partial charge in [-0.2, -0.15) is 0 Å². The number of fused-ring (bicyclic) bond motifs is 1. The van der Waals surface area contributed by atoms with Crippen LogP contribution in [0.25, 0.3) is 0 Å². The van der Waals surface area contributed by atoms with Gasteiger partial charge in [0.05, 0.1) is 18.3 Å². The predicted molar refractivity (Wildman–Crippen MR) is 88.3 cm³/mol. The number of nitrogens with zero attached hydrogens (tertiary/aromatic N) is 4. The Morgan fingerprint density at radius 2 is 2.00 bits per heavy atom. The molecular weight excluding hydrogens is 304 g/mol. The largest absolute Gasteiger partial charge is 0.390 e. The van der Waals surface area contributed by atoms with E-state index in [1.807, 2.05) is 0 Å². The molecule has 2 atom stereocenters. The molecule has 0 bridgehead atoms. The minimum absolute atomic E-state index is 0.0287. The fraction of sp³-hybridized carbons (Fsp3) is 0.389. The minimum atomic E-state index is -0.532. The second kappa shape index (κ2) is 6.30. The lowest BCUT2D eigenvalue weighted by molar-refractivity contribution is 0.0733. The molecular formula is C18H20N4O2. The highest BCUT2D eigenvalue weighted by Gasteiger charge is 2.39. The van der Waals surface area contributed by atoms with Gasteiger partial charge in [0, 0.05) is 38.6 Å². The average molecular weight is 324 g/mol. The number of aromatic nitrogens is 2. The first-order valence-corrected chi connectivity index (χ1v) is 8.26. The van der Waals surface area contributed by atoms with E-state index in [1.54, 1.807) is 11.1 Å². The van der Waals surface area contributed by atoms with Crippen LogP contribution in [-0.2, 0) is 13.0 Å². The van der Waals surface area contributed by atoms with Crippen molar-refractivity contribution in [3.8, 4) is 0 Å². The third kappa shape index (κ3) is 2.79. The molecule has 1 aromatic carbocycles. The molecule has 3 heterocycles. The number of likely N-dealkylation sites (tertiary alicyclic amines) is 1. The Morgan fingerprint density at radius 3 is 2.79 bits per heavy atom. The molecule has 6 nitrogen and oxygen atoms in total. The van der Waals surface area contributed by atoms with E-state index in [0.29, 0.717) is 18.8 Å². The number of hydrogen-bond donors (Lipinski definition) is 1. The molecule has 2 aromatic rings. The Bertz CT molecular complexity index is 737. The summed E-state index contributed by atoms with van der Waals surface area (Å²) >= 11 is 0. The van der Waals surface area contributed by atoms with Crippen molar-refractivity contribution < 1.29 is 9.90 Å². The molecule has 1 saturated heterocycles. The highest BCUT2D eigenvalue weighted by Crippen LogP contribution is 2.25. The molecule has 1 fully saturated rings. The van der Waals surface area contributed by atoms with Gasteiger partial charge in [-0.25, -0.2) is 4.98 Å². The number of amides is 1. The van der Waals surface area contributed by atoms with Gasteiger partial charge in [-0.15, -0.1) is 0 Å². The summed E-state index contributed by atoms with van der Waals surface area (Å²) in [6.07, 6.45) is 4.98. The van der Waals surface area contributed by atoms with Crippen molar-refractivity contribution in [1.29, 1.82) is 0 Å². The van der Waals surface area contributed by atoms with Crippen molar-refractivity contribution in [2.45, 2.75) is 25.1 Å². The van der Waals surface area contributed by atoms with Crippen LogP contribution in [-0.4, -0.2) is 62.6 Å². The van der Waals surface area contributed by atoms with Gasteiger partial charge in [0.1, 0.15) is 5.69 Å². The molecule has 1 aromatic heterocycles. The molecule has 0 unspecified atom stereocenters. The van der Waals surface area contributed by atoms with Gasteiger partial charge >= 0.3 is 0 Å². The summed E-state index contributed by atoms with van der Waals surface area (Å²) in [6, 6.07) is 8.41. The molecule has 0 aliphatic carbocycles. The lowest BCUT2D eigenvalue weighted by Gasteiger charge is -2.34. The van der Waals surface area contributed by atoms with Crippen LogP contribution in [0.2, 0.25) is 0 Å². The SMILES string of the molecule is O=C(c1cnccn1)N1C[C@@H](O)[C@H](N2CCc3ccccc3C2)C1. The fourth-order valence-corrected chi connectivity index (χ4v) is 3.67. The van der Waals surface area contributed by atoms with Crippen molar-refractivity contribution in [2.24, 2.45) is 0 Å². The van der Waals surface area contributed by atoms with Crippen LogP contribution in [0.4, 0.5) is 0 Å². The second-order valence-electron chi connectivity index (χ2n) is 6.42. The van der Waals surface area contributed by atoms with Crippen molar-refractivity contribution >= 4 is 5.91 Å². The van der Waals surface area contributed by atoms with E-state index in [4.69, 9.17) is 0 Å². The molecule has 0 radical (unpaired) electrons. The van der Waals surface area contributed by atoms with E-state index in [9.17, 15) is 9.90 Å². The zero-order valence-corrected chi connectivity index (χ0v) is 13.4. The van der Waals surface area contributed by atoms with Crippen LogP contribution < -0.4 is 0 Å². The van der Waals surface area contributed by atoms with Crippen LogP contribution in [0.5, 0.6) is 0 Å². The lowest BCUT2D eigenvalue weighted by Crippen LogP contribution is -2.45. The van der Waals surface area contributed by atoms with Crippen LogP contribution >= 0.6 is 0 Å². The summed E-state index contributed by atoms with van der Waals surface area (Å²) in [5.74, 6) is -0.165. The van der Waals surface area contributed by atoms with Crippen molar-refractivity contribution in [1.82, 2.24) is 19.8 Å². The Kier molecular flexibility index (Phi) is 4.00. The second-order valence-corrected chi connectivity index (χ2v) is 6.42. The minimum Gasteiger partial charge on any atom is -0.390 e. The number of rotatable bonds is 2. The van der Waals surface area contributed by atoms with E-state index in [1.165, 1.54) is 23.5 Å². The van der Waals surface area contributed by atoms with Crippen LogP contribution in [0.15, 0.2) is 42.9 Å². The third-order valence-corrected chi connectivity index (χ3v) is 4.96. The maximum atomic E-state index is 12.5. The highest BCUT2D eigenvalue weighted by molar-refractivity contribution is 5.92. The predicted octanol–water partition coefficient (Wildman–Crippen LogP) is 0.720. The molecule has 1 amide bonds. The molecule has 0 saturated carbocycles. The smallest absolute Gasteiger partial charge is 0.274 e. The van der Waals surface area contributed by atoms with Crippen LogP contribution in [0.1, 0.15) is 21.6 Å². The van der Waals surface area contributed by atoms with Gasteiger partial charge in [0.15, 0.2) is 0 Å². The maximum absolute atomic E-state index is 12.5. The van der Waals surface area contributed by atoms with Crippen molar-refractivity contribution in [2.75, 3.05) is 19.6 Å². The third-order valence-electron chi connectivity index (χ3n) is 4.96. The van der Waals surface area contributed by atoms with Gasteiger partial charge in [0.2, 0.25) is 0 Å². The number of carbonyl (C=O) groups excluding carboxylic acids is 1. The zero-order chi connectivity index (χ0) is 16.5. The van der Waals surface area contributed by atoms with E-state index in [-0.39, 0.29) is 11.9 Å². The average Bonchev–Trinajstić information content (AvgIpc) is 3.03. The van der Waals surface area contributed by atoms with E-state index >= 15 is 0 Å². The molecule has 2 aliphatic rings.